The summed E-state index contributed by atoms with van der Waals surface area (Å²) in [5.74, 6) is -0.0222. The molecule has 0 saturated heterocycles. The van der Waals surface area contributed by atoms with Crippen LogP contribution in [0.1, 0.15) is 39.2 Å². The molecular formula is C17H25NO2. The lowest BCUT2D eigenvalue weighted by molar-refractivity contribution is -0.121. The second-order valence-electron chi connectivity index (χ2n) is 6.04. The second kappa shape index (κ2) is 7.85. The smallest absolute Gasteiger partial charge is 0.220 e. The highest BCUT2D eigenvalue weighted by atomic mass is 16.3. The first-order valence-corrected chi connectivity index (χ1v) is 7.06. The van der Waals surface area contributed by atoms with Gasteiger partial charge < -0.3 is 10.4 Å². The van der Waals surface area contributed by atoms with E-state index < -0.39 is 6.10 Å². The minimum absolute atomic E-state index is 0.0222. The van der Waals surface area contributed by atoms with Crippen LogP contribution in [0.2, 0.25) is 0 Å². The summed E-state index contributed by atoms with van der Waals surface area (Å²) in [4.78, 5) is 11.6. The van der Waals surface area contributed by atoms with Crippen molar-refractivity contribution in [2.75, 3.05) is 6.54 Å². The minimum atomic E-state index is -0.522. The Hall–Kier alpha value is -1.61. The predicted molar refractivity (Wildman–Crippen MR) is 83.2 cm³/mol. The third-order valence-corrected chi connectivity index (χ3v) is 3.14. The summed E-state index contributed by atoms with van der Waals surface area (Å²) in [5, 5.41) is 12.6. The van der Waals surface area contributed by atoms with Gasteiger partial charge in [0.15, 0.2) is 0 Å². The number of nitrogens with one attached hydrogen (secondary N) is 1. The van der Waals surface area contributed by atoms with E-state index in [4.69, 9.17) is 0 Å². The first kappa shape index (κ1) is 16.4. The summed E-state index contributed by atoms with van der Waals surface area (Å²) in [6.45, 7) is 6.16. The van der Waals surface area contributed by atoms with E-state index in [1.807, 2.05) is 63.3 Å². The van der Waals surface area contributed by atoms with Gasteiger partial charge in [-0.1, -0.05) is 63.3 Å². The Morgan fingerprint density at radius 2 is 1.95 bits per heavy atom. The molecule has 1 rings (SSSR count). The topological polar surface area (TPSA) is 49.3 Å². The number of carbonyl (C=O) groups is 1. The molecule has 1 aromatic carbocycles. The van der Waals surface area contributed by atoms with Crippen LogP contribution in [-0.4, -0.2) is 23.7 Å². The largest absolute Gasteiger partial charge is 0.391 e. The Labute approximate surface area is 121 Å². The molecule has 0 aliphatic heterocycles. The predicted octanol–water partition coefficient (Wildman–Crippen LogP) is 3.00. The van der Waals surface area contributed by atoms with Crippen LogP contribution >= 0.6 is 0 Å². The molecular weight excluding hydrogens is 250 g/mol. The molecule has 110 valence electrons. The summed E-state index contributed by atoms with van der Waals surface area (Å²) in [7, 11) is 0. The van der Waals surface area contributed by atoms with Crippen molar-refractivity contribution in [1.82, 2.24) is 5.32 Å². The maximum absolute atomic E-state index is 11.6. The van der Waals surface area contributed by atoms with Crippen molar-refractivity contribution in [3.63, 3.8) is 0 Å². The van der Waals surface area contributed by atoms with Crippen LogP contribution in [0.5, 0.6) is 0 Å². The van der Waals surface area contributed by atoms with E-state index in [0.717, 1.165) is 5.56 Å². The number of hydrogen-bond acceptors (Lipinski definition) is 2. The van der Waals surface area contributed by atoms with Gasteiger partial charge in [-0.15, -0.1) is 0 Å². The van der Waals surface area contributed by atoms with E-state index in [2.05, 4.69) is 5.32 Å². The Balaban J connectivity index is 2.22. The Morgan fingerprint density at radius 1 is 1.30 bits per heavy atom. The van der Waals surface area contributed by atoms with E-state index in [-0.39, 0.29) is 11.3 Å². The van der Waals surface area contributed by atoms with Crippen molar-refractivity contribution >= 4 is 12.0 Å². The first-order valence-electron chi connectivity index (χ1n) is 7.06. The molecule has 0 radical (unpaired) electrons. The van der Waals surface area contributed by atoms with Crippen molar-refractivity contribution < 1.29 is 9.90 Å². The van der Waals surface area contributed by atoms with Gasteiger partial charge in [0.1, 0.15) is 0 Å². The lowest BCUT2D eigenvalue weighted by atomic mass is 9.89. The quantitative estimate of drug-likeness (QED) is 0.838. The normalized spacial score (nSPS) is 13.4. The molecule has 0 fully saturated rings. The molecule has 0 spiro atoms. The fourth-order valence-corrected chi connectivity index (χ4v) is 1.60. The Kier molecular flexibility index (Phi) is 6.46. The van der Waals surface area contributed by atoms with E-state index in [0.29, 0.717) is 19.4 Å². The second-order valence-corrected chi connectivity index (χ2v) is 6.04. The van der Waals surface area contributed by atoms with Crippen LogP contribution in [0.3, 0.4) is 0 Å². The van der Waals surface area contributed by atoms with Crippen molar-refractivity contribution in [2.24, 2.45) is 5.41 Å². The third kappa shape index (κ3) is 6.53. The van der Waals surface area contributed by atoms with Crippen molar-refractivity contribution in [3.8, 4) is 0 Å². The fourth-order valence-electron chi connectivity index (χ4n) is 1.60. The van der Waals surface area contributed by atoms with E-state index in [1.165, 1.54) is 0 Å². The average molecular weight is 275 g/mol. The van der Waals surface area contributed by atoms with Gasteiger partial charge in [0.2, 0.25) is 5.91 Å². The third-order valence-electron chi connectivity index (χ3n) is 3.14. The lowest BCUT2D eigenvalue weighted by Gasteiger charge is -2.25. The standard InChI is InChI=1S/C17H25NO2/c1-17(2,3)15(19)13-18-16(20)12-8-7-11-14-9-5-4-6-10-14/h4-7,9-11,15,19H,8,12-13H2,1-3H3,(H,18,20)/b11-7+. The van der Waals surface area contributed by atoms with E-state index >= 15 is 0 Å². The zero-order valence-electron chi connectivity index (χ0n) is 12.6. The molecule has 2 N–H and O–H groups in total. The molecule has 1 aromatic rings. The number of aliphatic hydroxyl groups excluding tert-OH is 1. The highest BCUT2D eigenvalue weighted by Gasteiger charge is 2.22. The van der Waals surface area contributed by atoms with Gasteiger partial charge in [-0.2, -0.15) is 0 Å². The monoisotopic (exact) mass is 275 g/mol. The summed E-state index contributed by atoms with van der Waals surface area (Å²) >= 11 is 0. The van der Waals surface area contributed by atoms with Crippen molar-refractivity contribution in [3.05, 3.63) is 42.0 Å². The number of rotatable bonds is 6. The summed E-state index contributed by atoms with van der Waals surface area (Å²) in [6.07, 6.45) is 4.63. The van der Waals surface area contributed by atoms with Crippen LogP contribution < -0.4 is 5.32 Å². The number of allylic oxidation sites excluding steroid dienone is 1. The zero-order valence-corrected chi connectivity index (χ0v) is 12.6. The maximum Gasteiger partial charge on any atom is 0.220 e. The number of amides is 1. The van der Waals surface area contributed by atoms with Gasteiger partial charge in [-0.25, -0.2) is 0 Å². The average Bonchev–Trinajstić information content (AvgIpc) is 2.41. The van der Waals surface area contributed by atoms with Crippen LogP contribution in [0.15, 0.2) is 36.4 Å². The molecule has 20 heavy (non-hydrogen) atoms. The Bertz CT molecular complexity index is 432. The SMILES string of the molecule is CC(C)(C)C(O)CNC(=O)CC/C=C/c1ccccc1. The van der Waals surface area contributed by atoms with Crippen LogP contribution in [0.25, 0.3) is 6.08 Å². The van der Waals surface area contributed by atoms with E-state index in [9.17, 15) is 9.90 Å². The molecule has 1 amide bonds. The molecule has 3 nitrogen and oxygen atoms in total. The van der Waals surface area contributed by atoms with Crippen LogP contribution in [0.4, 0.5) is 0 Å². The maximum atomic E-state index is 11.6. The number of benzene rings is 1. The summed E-state index contributed by atoms with van der Waals surface area (Å²) in [6, 6.07) is 10.00. The van der Waals surface area contributed by atoms with Gasteiger partial charge in [0.25, 0.3) is 0 Å². The molecule has 0 heterocycles. The van der Waals surface area contributed by atoms with Crippen LogP contribution in [0, 0.1) is 5.41 Å². The van der Waals surface area contributed by atoms with Gasteiger partial charge >= 0.3 is 0 Å². The summed E-state index contributed by atoms with van der Waals surface area (Å²) in [5.41, 5.74) is 0.927. The first-order chi connectivity index (χ1) is 9.39. The fraction of sp³-hybridized carbons (Fsp3) is 0.471. The minimum Gasteiger partial charge on any atom is -0.391 e. The molecule has 0 aromatic heterocycles. The van der Waals surface area contributed by atoms with Crippen LogP contribution in [-0.2, 0) is 4.79 Å². The van der Waals surface area contributed by atoms with Crippen molar-refractivity contribution in [2.45, 2.75) is 39.7 Å². The molecule has 0 aliphatic rings. The van der Waals surface area contributed by atoms with Gasteiger partial charge in [-0.3, -0.25) is 4.79 Å². The highest BCUT2D eigenvalue weighted by molar-refractivity contribution is 5.76. The molecule has 1 unspecified atom stereocenters. The van der Waals surface area contributed by atoms with Gasteiger partial charge in [0, 0.05) is 13.0 Å². The zero-order chi connectivity index (χ0) is 15.0. The number of hydrogen-bond donors (Lipinski definition) is 2. The molecule has 1 atom stereocenters. The molecule has 0 saturated carbocycles. The molecule has 0 bridgehead atoms. The lowest BCUT2D eigenvalue weighted by Crippen LogP contribution is -2.39. The number of aliphatic hydroxyl groups is 1. The Morgan fingerprint density at radius 3 is 2.55 bits per heavy atom. The molecule has 0 aliphatic carbocycles. The van der Waals surface area contributed by atoms with E-state index in [1.54, 1.807) is 0 Å². The number of carbonyl (C=O) groups excluding carboxylic acids is 1. The van der Waals surface area contributed by atoms with Crippen molar-refractivity contribution in [1.29, 1.82) is 0 Å². The summed E-state index contributed by atoms with van der Waals surface area (Å²) < 4.78 is 0. The highest BCUT2D eigenvalue weighted by Crippen LogP contribution is 2.18. The molecule has 3 heteroatoms. The van der Waals surface area contributed by atoms with Gasteiger partial charge in [0.05, 0.1) is 6.10 Å². The van der Waals surface area contributed by atoms with Gasteiger partial charge in [-0.05, 0) is 17.4 Å².